The van der Waals surface area contributed by atoms with Crippen molar-refractivity contribution in [1.29, 1.82) is 0 Å². The van der Waals surface area contributed by atoms with Crippen molar-refractivity contribution in [3.63, 3.8) is 0 Å². The Labute approximate surface area is 131 Å². The van der Waals surface area contributed by atoms with Crippen LogP contribution in [0.15, 0.2) is 12.1 Å². The van der Waals surface area contributed by atoms with Gasteiger partial charge in [-0.1, -0.05) is 44.4 Å². The van der Waals surface area contributed by atoms with Crippen molar-refractivity contribution >= 4 is 0 Å². The first-order valence-corrected chi connectivity index (χ1v) is 8.83. The average Bonchev–Trinajstić information content (AvgIpc) is 2.83. The SMILES string of the molecule is CCCNC(Cc1c(C)cc(C)cc1C)C1CCCC1C. The largest absolute Gasteiger partial charge is 0.313 e. The van der Waals surface area contributed by atoms with Gasteiger partial charge in [0.05, 0.1) is 0 Å². The quantitative estimate of drug-likeness (QED) is 0.780. The van der Waals surface area contributed by atoms with E-state index >= 15 is 0 Å². The van der Waals surface area contributed by atoms with Gasteiger partial charge < -0.3 is 5.32 Å². The van der Waals surface area contributed by atoms with Gasteiger partial charge in [-0.05, 0) is 75.1 Å². The van der Waals surface area contributed by atoms with Crippen LogP contribution in [-0.4, -0.2) is 12.6 Å². The summed E-state index contributed by atoms with van der Waals surface area (Å²) in [5.74, 6) is 1.74. The predicted octanol–water partition coefficient (Wildman–Crippen LogP) is 4.96. The molecule has 21 heavy (non-hydrogen) atoms. The molecule has 3 unspecified atom stereocenters. The van der Waals surface area contributed by atoms with Gasteiger partial charge in [-0.25, -0.2) is 0 Å². The van der Waals surface area contributed by atoms with Gasteiger partial charge in [-0.3, -0.25) is 0 Å². The maximum Gasteiger partial charge on any atom is 0.0138 e. The number of hydrogen-bond acceptors (Lipinski definition) is 1. The van der Waals surface area contributed by atoms with Crippen molar-refractivity contribution in [1.82, 2.24) is 5.32 Å². The van der Waals surface area contributed by atoms with Crippen molar-refractivity contribution in [2.24, 2.45) is 11.8 Å². The summed E-state index contributed by atoms with van der Waals surface area (Å²) in [7, 11) is 0. The van der Waals surface area contributed by atoms with Gasteiger partial charge in [-0.2, -0.15) is 0 Å². The van der Waals surface area contributed by atoms with Gasteiger partial charge in [0, 0.05) is 6.04 Å². The zero-order chi connectivity index (χ0) is 15.4. The van der Waals surface area contributed by atoms with E-state index in [9.17, 15) is 0 Å². The van der Waals surface area contributed by atoms with E-state index in [1.54, 1.807) is 5.56 Å². The van der Waals surface area contributed by atoms with Gasteiger partial charge in [0.15, 0.2) is 0 Å². The minimum atomic E-state index is 0.655. The lowest BCUT2D eigenvalue weighted by Crippen LogP contribution is -2.40. The van der Waals surface area contributed by atoms with Crippen LogP contribution in [0.4, 0.5) is 0 Å². The van der Waals surface area contributed by atoms with E-state index in [1.807, 2.05) is 0 Å². The van der Waals surface area contributed by atoms with Gasteiger partial charge in [-0.15, -0.1) is 0 Å². The van der Waals surface area contributed by atoms with E-state index < -0.39 is 0 Å². The molecule has 1 heteroatoms. The van der Waals surface area contributed by atoms with Gasteiger partial charge in [0.1, 0.15) is 0 Å². The molecule has 1 saturated carbocycles. The Kier molecular flexibility index (Phi) is 5.87. The third-order valence-electron chi connectivity index (χ3n) is 5.37. The first-order chi connectivity index (χ1) is 10.0. The van der Waals surface area contributed by atoms with E-state index in [4.69, 9.17) is 0 Å². The number of aryl methyl sites for hydroxylation is 3. The molecule has 1 N–H and O–H groups in total. The van der Waals surface area contributed by atoms with Gasteiger partial charge in [0.2, 0.25) is 0 Å². The summed E-state index contributed by atoms with van der Waals surface area (Å²) in [6.45, 7) is 12.6. The number of hydrogen-bond donors (Lipinski definition) is 1. The fourth-order valence-electron chi connectivity index (χ4n) is 4.23. The van der Waals surface area contributed by atoms with Crippen molar-refractivity contribution in [2.75, 3.05) is 6.54 Å². The third kappa shape index (κ3) is 4.10. The van der Waals surface area contributed by atoms with Crippen LogP contribution in [0, 0.1) is 32.6 Å². The zero-order valence-electron chi connectivity index (χ0n) is 14.6. The Morgan fingerprint density at radius 2 is 1.81 bits per heavy atom. The number of nitrogens with one attached hydrogen (secondary N) is 1. The molecule has 0 aromatic heterocycles. The lowest BCUT2D eigenvalue weighted by atomic mass is 9.84. The normalized spacial score (nSPS) is 23.5. The average molecular weight is 287 g/mol. The number of benzene rings is 1. The molecule has 3 atom stereocenters. The maximum atomic E-state index is 3.86. The predicted molar refractivity (Wildman–Crippen MR) is 92.9 cm³/mol. The lowest BCUT2D eigenvalue weighted by molar-refractivity contribution is 0.295. The molecule has 0 aliphatic heterocycles. The highest BCUT2D eigenvalue weighted by molar-refractivity contribution is 5.38. The van der Waals surface area contributed by atoms with E-state index in [-0.39, 0.29) is 0 Å². The standard InChI is InChI=1S/C20H33N/c1-6-10-21-20(18-9-7-8-15(18)3)13-19-16(4)11-14(2)12-17(19)5/h11-12,15,18,20-21H,6-10,13H2,1-5H3. The molecule has 0 saturated heterocycles. The highest BCUT2D eigenvalue weighted by Gasteiger charge is 2.31. The van der Waals surface area contributed by atoms with Crippen molar-refractivity contribution < 1.29 is 0 Å². The highest BCUT2D eigenvalue weighted by atomic mass is 14.9. The molecule has 1 nitrogen and oxygen atoms in total. The van der Waals surface area contributed by atoms with Crippen LogP contribution in [-0.2, 0) is 6.42 Å². The molecule has 0 bridgehead atoms. The molecule has 118 valence electrons. The van der Waals surface area contributed by atoms with E-state index in [0.29, 0.717) is 6.04 Å². The maximum absolute atomic E-state index is 3.86. The third-order valence-corrected chi connectivity index (χ3v) is 5.37. The van der Waals surface area contributed by atoms with Crippen LogP contribution in [0.25, 0.3) is 0 Å². The summed E-state index contributed by atoms with van der Waals surface area (Å²) < 4.78 is 0. The summed E-state index contributed by atoms with van der Waals surface area (Å²) in [5, 5.41) is 3.86. The highest BCUT2D eigenvalue weighted by Crippen LogP contribution is 2.35. The molecule has 0 heterocycles. The van der Waals surface area contributed by atoms with Crippen LogP contribution in [0.2, 0.25) is 0 Å². The Morgan fingerprint density at radius 1 is 1.14 bits per heavy atom. The van der Waals surface area contributed by atoms with Crippen LogP contribution in [0.3, 0.4) is 0 Å². The van der Waals surface area contributed by atoms with Crippen LogP contribution < -0.4 is 5.32 Å². The molecule has 1 aromatic rings. The molecule has 0 radical (unpaired) electrons. The first-order valence-electron chi connectivity index (χ1n) is 8.83. The van der Waals surface area contributed by atoms with Crippen molar-refractivity contribution in [3.8, 4) is 0 Å². The second kappa shape index (κ2) is 7.45. The second-order valence-electron chi connectivity index (χ2n) is 7.21. The minimum Gasteiger partial charge on any atom is -0.313 e. The summed E-state index contributed by atoms with van der Waals surface area (Å²) in [6, 6.07) is 5.34. The Hall–Kier alpha value is -0.820. The zero-order valence-corrected chi connectivity index (χ0v) is 14.6. The molecular weight excluding hydrogens is 254 g/mol. The topological polar surface area (TPSA) is 12.0 Å². The molecule has 1 aromatic carbocycles. The number of rotatable bonds is 6. The molecule has 0 amide bonds. The Bertz CT molecular complexity index is 440. The Morgan fingerprint density at radius 3 is 2.33 bits per heavy atom. The fraction of sp³-hybridized carbons (Fsp3) is 0.700. The molecule has 1 aliphatic carbocycles. The van der Waals surface area contributed by atoms with Crippen molar-refractivity contribution in [3.05, 3.63) is 34.4 Å². The Balaban J connectivity index is 2.18. The monoisotopic (exact) mass is 287 g/mol. The fourth-order valence-corrected chi connectivity index (χ4v) is 4.23. The smallest absolute Gasteiger partial charge is 0.0138 e. The molecule has 1 fully saturated rings. The molecule has 0 spiro atoms. The summed E-state index contributed by atoms with van der Waals surface area (Å²) >= 11 is 0. The van der Waals surface area contributed by atoms with Crippen molar-refractivity contribution in [2.45, 2.75) is 72.8 Å². The van der Waals surface area contributed by atoms with E-state index in [0.717, 1.165) is 18.4 Å². The molecule has 1 aliphatic rings. The van der Waals surface area contributed by atoms with Crippen LogP contribution in [0.5, 0.6) is 0 Å². The summed E-state index contributed by atoms with van der Waals surface area (Å²) in [4.78, 5) is 0. The second-order valence-corrected chi connectivity index (χ2v) is 7.21. The lowest BCUT2D eigenvalue weighted by Gasteiger charge is -2.29. The first kappa shape index (κ1) is 16.5. The summed E-state index contributed by atoms with van der Waals surface area (Å²) in [5.41, 5.74) is 5.91. The summed E-state index contributed by atoms with van der Waals surface area (Å²) in [6.07, 6.45) is 6.67. The molecule has 2 rings (SSSR count). The minimum absolute atomic E-state index is 0.655. The van der Waals surface area contributed by atoms with Crippen LogP contribution in [0.1, 0.15) is 61.8 Å². The van der Waals surface area contributed by atoms with Gasteiger partial charge in [0.25, 0.3) is 0 Å². The van der Waals surface area contributed by atoms with Gasteiger partial charge >= 0.3 is 0 Å². The molecular formula is C20H33N. The van der Waals surface area contributed by atoms with Crippen LogP contribution >= 0.6 is 0 Å². The van der Waals surface area contributed by atoms with E-state index in [2.05, 4.69) is 52.1 Å². The van der Waals surface area contributed by atoms with E-state index in [1.165, 1.54) is 48.8 Å².